The van der Waals surface area contributed by atoms with Gasteiger partial charge in [0.15, 0.2) is 13.1 Å². The molecule has 2 N–H and O–H groups in total. The molecular weight excluding hydrogens is 340 g/mol. The Morgan fingerprint density at radius 1 is 1.16 bits per heavy atom. The number of carbonyl (C=O) groups is 3. The van der Waals surface area contributed by atoms with Gasteiger partial charge in [-0.1, -0.05) is 6.07 Å². The summed E-state index contributed by atoms with van der Waals surface area (Å²) in [4.78, 5) is 41.7. The van der Waals surface area contributed by atoms with Gasteiger partial charge in [0.1, 0.15) is 0 Å². The van der Waals surface area contributed by atoms with Crippen molar-refractivity contribution in [2.75, 3.05) is 46.3 Å². The summed E-state index contributed by atoms with van der Waals surface area (Å²) in [6.07, 6.45) is 2.14. The lowest BCUT2D eigenvalue weighted by atomic mass is 10.2. The molecule has 0 aromatic carbocycles. The van der Waals surface area contributed by atoms with E-state index in [1.165, 1.54) is 11.3 Å². The van der Waals surface area contributed by atoms with E-state index in [9.17, 15) is 14.4 Å². The third kappa shape index (κ3) is 5.02. The first-order valence-corrected chi connectivity index (χ1v) is 9.62. The van der Waals surface area contributed by atoms with E-state index in [1.807, 2.05) is 24.6 Å². The maximum absolute atomic E-state index is 12.4. The van der Waals surface area contributed by atoms with Crippen LogP contribution in [0.2, 0.25) is 0 Å². The molecular formula is C17H25N4O3S+. The van der Waals surface area contributed by atoms with Crippen LogP contribution in [0.4, 0.5) is 0 Å². The Labute approximate surface area is 151 Å². The summed E-state index contributed by atoms with van der Waals surface area (Å²) in [5.74, 6) is 0.0979. The van der Waals surface area contributed by atoms with Crippen LogP contribution in [0.25, 0.3) is 0 Å². The van der Waals surface area contributed by atoms with Gasteiger partial charge < -0.3 is 20.0 Å². The fraction of sp³-hybridized carbons (Fsp3) is 0.588. The van der Waals surface area contributed by atoms with E-state index in [0.29, 0.717) is 45.3 Å². The second-order valence-corrected chi connectivity index (χ2v) is 7.75. The van der Waals surface area contributed by atoms with E-state index in [-0.39, 0.29) is 17.7 Å². The fourth-order valence-electron chi connectivity index (χ4n) is 2.93. The number of quaternary nitrogens is 1. The van der Waals surface area contributed by atoms with Crippen LogP contribution in [-0.2, 0) is 9.59 Å². The molecule has 1 saturated carbocycles. The van der Waals surface area contributed by atoms with E-state index in [2.05, 4.69) is 5.32 Å². The van der Waals surface area contributed by atoms with Crippen LogP contribution >= 0.6 is 11.3 Å². The highest BCUT2D eigenvalue weighted by atomic mass is 32.1. The second kappa shape index (κ2) is 7.97. The Morgan fingerprint density at radius 3 is 2.44 bits per heavy atom. The number of likely N-dealkylation sites (N-methyl/N-ethyl adjacent to an activating group) is 1. The third-order valence-corrected chi connectivity index (χ3v) is 5.37. The number of hydrogen-bond acceptors (Lipinski definition) is 4. The van der Waals surface area contributed by atoms with Gasteiger partial charge in [-0.25, -0.2) is 0 Å². The van der Waals surface area contributed by atoms with Crippen molar-refractivity contribution >= 4 is 29.1 Å². The minimum absolute atomic E-state index is 0.0131. The first-order chi connectivity index (χ1) is 12.0. The molecule has 3 rings (SSSR count). The molecule has 1 aromatic rings. The molecule has 7 nitrogen and oxygen atoms in total. The monoisotopic (exact) mass is 365 g/mol. The highest BCUT2D eigenvalue weighted by Gasteiger charge is 2.28. The van der Waals surface area contributed by atoms with Crippen molar-refractivity contribution < 1.29 is 19.3 Å². The van der Waals surface area contributed by atoms with Gasteiger partial charge in [-0.05, 0) is 24.3 Å². The quantitative estimate of drug-likeness (QED) is 0.667. The Balaban J connectivity index is 1.40. The number of thiophene rings is 1. The summed E-state index contributed by atoms with van der Waals surface area (Å²) in [6.45, 7) is 2.85. The molecule has 136 valence electrons. The van der Waals surface area contributed by atoms with Gasteiger partial charge in [0, 0.05) is 32.2 Å². The van der Waals surface area contributed by atoms with E-state index in [4.69, 9.17) is 0 Å². The first-order valence-electron chi connectivity index (χ1n) is 8.74. The molecule has 1 saturated heterocycles. The highest BCUT2D eigenvalue weighted by Crippen LogP contribution is 2.18. The standard InChI is InChI=1S/C17H24N4O3S/c1-19(11-15(22)18-13-4-5-13)12-16(23)20-6-8-21(9-7-20)17(24)14-3-2-10-25-14/h2-3,10,13H,4-9,11-12H2,1H3,(H,18,22)/p+1. The van der Waals surface area contributed by atoms with Gasteiger partial charge in [-0.15, -0.1) is 11.3 Å². The Kier molecular flexibility index (Phi) is 5.70. The average Bonchev–Trinajstić information content (AvgIpc) is 3.23. The Hall–Kier alpha value is -1.93. The first kappa shape index (κ1) is 17.9. The van der Waals surface area contributed by atoms with E-state index < -0.39 is 0 Å². The zero-order valence-corrected chi connectivity index (χ0v) is 15.3. The molecule has 25 heavy (non-hydrogen) atoms. The number of piperazine rings is 1. The van der Waals surface area contributed by atoms with Crippen LogP contribution in [0, 0.1) is 0 Å². The molecule has 2 heterocycles. The number of carbonyl (C=O) groups excluding carboxylic acids is 3. The molecule has 1 unspecified atom stereocenters. The lowest BCUT2D eigenvalue weighted by Gasteiger charge is -2.34. The molecule has 0 bridgehead atoms. The normalized spacial score (nSPS) is 18.8. The van der Waals surface area contributed by atoms with Crippen LogP contribution < -0.4 is 10.2 Å². The fourth-order valence-corrected chi connectivity index (χ4v) is 3.62. The SMILES string of the molecule is C[NH+](CC(=O)NC1CC1)CC(=O)N1CCN(C(=O)c2cccs2)CC1. The van der Waals surface area contributed by atoms with Crippen LogP contribution in [0.3, 0.4) is 0 Å². The molecule has 8 heteroatoms. The molecule has 1 atom stereocenters. The van der Waals surface area contributed by atoms with Gasteiger partial charge in [-0.2, -0.15) is 0 Å². The molecule has 3 amide bonds. The Bertz CT molecular complexity index is 622. The van der Waals surface area contributed by atoms with Crippen LogP contribution in [0.1, 0.15) is 22.5 Å². The number of nitrogens with one attached hydrogen (secondary N) is 2. The van der Waals surface area contributed by atoms with Crippen molar-refractivity contribution in [1.82, 2.24) is 15.1 Å². The Morgan fingerprint density at radius 2 is 1.84 bits per heavy atom. The van der Waals surface area contributed by atoms with Gasteiger partial charge in [-0.3, -0.25) is 14.4 Å². The molecule has 1 aromatic heterocycles. The summed E-state index contributed by atoms with van der Waals surface area (Å²) in [7, 11) is 1.86. The molecule has 2 fully saturated rings. The molecule has 0 spiro atoms. The van der Waals surface area contributed by atoms with Crippen LogP contribution in [0.5, 0.6) is 0 Å². The maximum atomic E-state index is 12.4. The number of amides is 3. The van der Waals surface area contributed by atoms with E-state index >= 15 is 0 Å². The lowest BCUT2D eigenvalue weighted by molar-refractivity contribution is -0.863. The van der Waals surface area contributed by atoms with Crippen molar-refractivity contribution in [2.24, 2.45) is 0 Å². The number of hydrogen-bond donors (Lipinski definition) is 2. The summed E-state index contributed by atoms with van der Waals surface area (Å²) < 4.78 is 0. The van der Waals surface area contributed by atoms with Gasteiger partial charge >= 0.3 is 0 Å². The number of nitrogens with zero attached hydrogens (tertiary/aromatic N) is 2. The summed E-state index contributed by atoms with van der Waals surface area (Å²) in [5.41, 5.74) is 0. The van der Waals surface area contributed by atoms with Crippen molar-refractivity contribution in [3.63, 3.8) is 0 Å². The third-order valence-electron chi connectivity index (χ3n) is 4.51. The van der Waals surface area contributed by atoms with Crippen LogP contribution in [-0.4, -0.2) is 79.9 Å². The maximum Gasteiger partial charge on any atom is 0.277 e. The van der Waals surface area contributed by atoms with Gasteiger partial charge in [0.2, 0.25) is 0 Å². The van der Waals surface area contributed by atoms with Crippen molar-refractivity contribution in [3.8, 4) is 0 Å². The van der Waals surface area contributed by atoms with Crippen molar-refractivity contribution in [2.45, 2.75) is 18.9 Å². The largest absolute Gasteiger partial charge is 0.348 e. The lowest BCUT2D eigenvalue weighted by Crippen LogP contribution is -3.11. The minimum Gasteiger partial charge on any atom is -0.348 e. The van der Waals surface area contributed by atoms with Crippen molar-refractivity contribution in [3.05, 3.63) is 22.4 Å². The molecule has 0 radical (unpaired) electrons. The molecule has 1 aliphatic carbocycles. The average molecular weight is 365 g/mol. The summed E-state index contributed by atoms with van der Waals surface area (Å²) in [6, 6.07) is 4.05. The number of rotatable bonds is 6. The summed E-state index contributed by atoms with van der Waals surface area (Å²) in [5, 5.41) is 4.84. The van der Waals surface area contributed by atoms with Gasteiger partial charge in [0.25, 0.3) is 17.7 Å². The highest BCUT2D eigenvalue weighted by molar-refractivity contribution is 7.12. The minimum atomic E-state index is 0.0131. The van der Waals surface area contributed by atoms with Crippen LogP contribution in [0.15, 0.2) is 17.5 Å². The summed E-state index contributed by atoms with van der Waals surface area (Å²) >= 11 is 1.44. The molecule has 1 aliphatic heterocycles. The van der Waals surface area contributed by atoms with E-state index in [1.54, 1.807) is 9.80 Å². The predicted octanol–water partition coefficient (Wildman–Crippen LogP) is -1.17. The van der Waals surface area contributed by atoms with Gasteiger partial charge in [0.05, 0.1) is 11.9 Å². The molecule has 2 aliphatic rings. The predicted molar refractivity (Wildman–Crippen MR) is 94.6 cm³/mol. The zero-order valence-electron chi connectivity index (χ0n) is 14.5. The van der Waals surface area contributed by atoms with E-state index in [0.717, 1.165) is 22.6 Å². The second-order valence-electron chi connectivity index (χ2n) is 6.80. The topological polar surface area (TPSA) is 74.2 Å². The van der Waals surface area contributed by atoms with Crippen molar-refractivity contribution in [1.29, 1.82) is 0 Å². The zero-order chi connectivity index (χ0) is 17.8. The smallest absolute Gasteiger partial charge is 0.277 e.